The average molecular weight is 351 g/mol. The van der Waals surface area contributed by atoms with Crippen LogP contribution in [0.3, 0.4) is 0 Å². The Labute approximate surface area is 149 Å². The Balaban J connectivity index is 1.63. The first-order valence-electron chi connectivity index (χ1n) is 7.85. The third-order valence-corrected chi connectivity index (χ3v) is 4.46. The summed E-state index contributed by atoms with van der Waals surface area (Å²) in [7, 11) is 0. The number of hydrogen-bond acceptors (Lipinski definition) is 4. The van der Waals surface area contributed by atoms with Crippen LogP contribution >= 0.6 is 11.3 Å². The molecule has 0 unspecified atom stereocenters. The van der Waals surface area contributed by atoms with E-state index < -0.39 is 0 Å². The van der Waals surface area contributed by atoms with Crippen LogP contribution in [0.1, 0.15) is 25.6 Å². The van der Waals surface area contributed by atoms with E-state index in [-0.39, 0.29) is 11.8 Å². The molecule has 0 saturated carbocycles. The van der Waals surface area contributed by atoms with E-state index in [1.165, 1.54) is 11.3 Å². The number of carbonyl (C=O) groups is 2. The average Bonchev–Trinajstić information content (AvgIpc) is 3.18. The van der Waals surface area contributed by atoms with Gasteiger partial charge in [-0.3, -0.25) is 14.6 Å². The van der Waals surface area contributed by atoms with Crippen LogP contribution in [0.5, 0.6) is 0 Å². The quantitative estimate of drug-likeness (QED) is 0.715. The molecule has 2 heterocycles. The number of carbonyl (C=O) groups excluding carboxylic acids is 2. The van der Waals surface area contributed by atoms with Crippen molar-refractivity contribution in [3.63, 3.8) is 0 Å². The fourth-order valence-corrected chi connectivity index (χ4v) is 2.96. The minimum atomic E-state index is -0.217. The molecule has 25 heavy (non-hydrogen) atoms. The van der Waals surface area contributed by atoms with Gasteiger partial charge >= 0.3 is 0 Å². The number of rotatable bonds is 6. The second-order valence-electron chi connectivity index (χ2n) is 5.34. The number of amides is 2. The molecule has 2 amide bonds. The number of para-hydroxylation sites is 1. The molecular weight excluding hydrogens is 334 g/mol. The van der Waals surface area contributed by atoms with Crippen molar-refractivity contribution in [2.45, 2.75) is 6.42 Å². The molecule has 0 radical (unpaired) electrons. The maximum absolute atomic E-state index is 12.4. The smallest absolute Gasteiger partial charge is 0.265 e. The molecule has 1 aromatic carbocycles. The molecule has 0 aliphatic heterocycles. The predicted molar refractivity (Wildman–Crippen MR) is 99.0 cm³/mol. The Morgan fingerprint density at radius 2 is 1.88 bits per heavy atom. The first-order chi connectivity index (χ1) is 12.2. The van der Waals surface area contributed by atoms with Crippen molar-refractivity contribution in [2.75, 3.05) is 11.9 Å². The molecule has 2 aromatic heterocycles. The van der Waals surface area contributed by atoms with Gasteiger partial charge in [-0.25, -0.2) is 0 Å². The Kier molecular flexibility index (Phi) is 5.53. The summed E-state index contributed by atoms with van der Waals surface area (Å²) >= 11 is 1.36. The van der Waals surface area contributed by atoms with Crippen molar-refractivity contribution in [1.82, 2.24) is 10.3 Å². The highest BCUT2D eigenvalue weighted by Gasteiger charge is 2.14. The third kappa shape index (κ3) is 4.51. The SMILES string of the molecule is O=C(Nc1ccccc1C(=O)NCCc1cccnc1)c1cccs1. The van der Waals surface area contributed by atoms with Gasteiger partial charge in [0.1, 0.15) is 0 Å². The molecule has 0 fully saturated rings. The van der Waals surface area contributed by atoms with Crippen LogP contribution in [0.2, 0.25) is 0 Å². The predicted octanol–water partition coefficient (Wildman–Crippen LogP) is 3.37. The van der Waals surface area contributed by atoms with Crippen molar-refractivity contribution in [2.24, 2.45) is 0 Å². The zero-order valence-electron chi connectivity index (χ0n) is 13.4. The van der Waals surface area contributed by atoms with Gasteiger partial charge in [0.15, 0.2) is 0 Å². The van der Waals surface area contributed by atoms with Gasteiger partial charge in [0.05, 0.1) is 16.1 Å². The first kappa shape index (κ1) is 16.9. The largest absolute Gasteiger partial charge is 0.352 e. The van der Waals surface area contributed by atoms with Crippen LogP contribution in [-0.2, 0) is 6.42 Å². The maximum Gasteiger partial charge on any atom is 0.265 e. The normalized spacial score (nSPS) is 10.2. The van der Waals surface area contributed by atoms with Crippen molar-refractivity contribution in [1.29, 1.82) is 0 Å². The molecule has 0 spiro atoms. The molecule has 0 aliphatic carbocycles. The summed E-state index contributed by atoms with van der Waals surface area (Å²) in [5.41, 5.74) is 2.00. The highest BCUT2D eigenvalue weighted by Crippen LogP contribution is 2.18. The molecule has 0 bridgehead atoms. The van der Waals surface area contributed by atoms with Crippen molar-refractivity contribution >= 4 is 28.8 Å². The van der Waals surface area contributed by atoms with E-state index >= 15 is 0 Å². The monoisotopic (exact) mass is 351 g/mol. The summed E-state index contributed by atoms with van der Waals surface area (Å²) in [5.74, 6) is -0.434. The van der Waals surface area contributed by atoms with E-state index in [0.717, 1.165) is 5.56 Å². The summed E-state index contributed by atoms with van der Waals surface area (Å²) in [6, 6.07) is 14.4. The van der Waals surface area contributed by atoms with Crippen LogP contribution in [0.4, 0.5) is 5.69 Å². The lowest BCUT2D eigenvalue weighted by Crippen LogP contribution is -2.27. The van der Waals surface area contributed by atoms with Crippen molar-refractivity contribution in [3.05, 3.63) is 82.3 Å². The second-order valence-corrected chi connectivity index (χ2v) is 6.29. The fourth-order valence-electron chi connectivity index (χ4n) is 2.34. The molecule has 2 N–H and O–H groups in total. The Morgan fingerprint density at radius 1 is 1.00 bits per heavy atom. The van der Waals surface area contributed by atoms with Crippen molar-refractivity contribution in [3.8, 4) is 0 Å². The van der Waals surface area contributed by atoms with Gasteiger partial charge in [0, 0.05) is 18.9 Å². The van der Waals surface area contributed by atoms with Crippen LogP contribution in [0, 0.1) is 0 Å². The molecule has 0 atom stereocenters. The van der Waals surface area contributed by atoms with E-state index in [1.54, 1.807) is 42.7 Å². The van der Waals surface area contributed by atoms with Crippen molar-refractivity contribution < 1.29 is 9.59 Å². The number of anilines is 1. The van der Waals surface area contributed by atoms with Gasteiger partial charge in [-0.05, 0) is 41.6 Å². The van der Waals surface area contributed by atoms with Crippen LogP contribution < -0.4 is 10.6 Å². The highest BCUT2D eigenvalue weighted by molar-refractivity contribution is 7.12. The van der Waals surface area contributed by atoms with Gasteiger partial charge in [0.25, 0.3) is 11.8 Å². The minimum absolute atomic E-state index is 0.217. The van der Waals surface area contributed by atoms with Crippen LogP contribution in [-0.4, -0.2) is 23.3 Å². The summed E-state index contributed by atoms with van der Waals surface area (Å²) in [5, 5.41) is 7.52. The Hall–Kier alpha value is -2.99. The summed E-state index contributed by atoms with van der Waals surface area (Å²) in [4.78, 5) is 29.3. The number of nitrogens with zero attached hydrogens (tertiary/aromatic N) is 1. The molecule has 126 valence electrons. The fraction of sp³-hybridized carbons (Fsp3) is 0.105. The third-order valence-electron chi connectivity index (χ3n) is 3.59. The molecule has 0 saturated heterocycles. The number of pyridine rings is 1. The number of thiophene rings is 1. The Morgan fingerprint density at radius 3 is 2.64 bits per heavy atom. The number of benzene rings is 1. The molecule has 3 rings (SSSR count). The second kappa shape index (κ2) is 8.21. The zero-order valence-corrected chi connectivity index (χ0v) is 14.3. The number of hydrogen-bond donors (Lipinski definition) is 2. The topological polar surface area (TPSA) is 71.1 Å². The first-order valence-corrected chi connectivity index (χ1v) is 8.73. The summed E-state index contributed by atoms with van der Waals surface area (Å²) in [6.07, 6.45) is 4.19. The van der Waals surface area contributed by atoms with E-state index in [1.807, 2.05) is 23.6 Å². The molecular formula is C19H17N3O2S. The van der Waals surface area contributed by atoms with E-state index in [4.69, 9.17) is 0 Å². The van der Waals surface area contributed by atoms with Gasteiger partial charge in [-0.15, -0.1) is 11.3 Å². The number of aromatic nitrogens is 1. The molecule has 0 aliphatic rings. The van der Waals surface area contributed by atoms with E-state index in [0.29, 0.717) is 29.1 Å². The van der Waals surface area contributed by atoms with Crippen LogP contribution in [0.25, 0.3) is 0 Å². The summed E-state index contributed by atoms with van der Waals surface area (Å²) < 4.78 is 0. The molecule has 3 aromatic rings. The van der Waals surface area contributed by atoms with Crippen LogP contribution in [0.15, 0.2) is 66.3 Å². The van der Waals surface area contributed by atoms with Gasteiger partial charge in [-0.2, -0.15) is 0 Å². The van der Waals surface area contributed by atoms with Gasteiger partial charge < -0.3 is 10.6 Å². The zero-order chi connectivity index (χ0) is 17.5. The lowest BCUT2D eigenvalue weighted by atomic mass is 10.1. The lowest BCUT2D eigenvalue weighted by Gasteiger charge is -2.11. The maximum atomic E-state index is 12.4. The van der Waals surface area contributed by atoms with Gasteiger partial charge in [-0.1, -0.05) is 24.3 Å². The Bertz CT molecular complexity index is 848. The molecule has 5 nitrogen and oxygen atoms in total. The van der Waals surface area contributed by atoms with E-state index in [2.05, 4.69) is 15.6 Å². The van der Waals surface area contributed by atoms with Gasteiger partial charge in [0.2, 0.25) is 0 Å². The standard InChI is InChI=1S/C19H17N3O2S/c23-18(21-11-9-14-5-3-10-20-13-14)15-6-1-2-7-16(15)22-19(24)17-8-4-12-25-17/h1-8,10,12-13H,9,11H2,(H,21,23)(H,22,24). The van der Waals surface area contributed by atoms with E-state index in [9.17, 15) is 9.59 Å². The lowest BCUT2D eigenvalue weighted by molar-refractivity contribution is 0.0955. The minimum Gasteiger partial charge on any atom is -0.352 e. The molecule has 6 heteroatoms. The highest BCUT2D eigenvalue weighted by atomic mass is 32.1. The number of nitrogens with one attached hydrogen (secondary N) is 2. The summed E-state index contributed by atoms with van der Waals surface area (Å²) in [6.45, 7) is 0.498.